The summed E-state index contributed by atoms with van der Waals surface area (Å²) in [5, 5.41) is 9.95. The zero-order chi connectivity index (χ0) is 35.4. The molecule has 258 valence electrons. The maximum absolute atomic E-state index is 11.3. The summed E-state index contributed by atoms with van der Waals surface area (Å²) >= 11 is 1.41. The number of benzene rings is 5. The molecule has 5 heteroatoms. The number of carboxylic acid groups (broad SMARTS) is 1. The van der Waals surface area contributed by atoms with E-state index in [0.29, 0.717) is 5.01 Å². The molecule has 4 nitrogen and oxygen atoms in total. The lowest BCUT2D eigenvalue weighted by molar-refractivity contribution is 0.0697. The van der Waals surface area contributed by atoms with Crippen LogP contribution in [0.3, 0.4) is 0 Å². The van der Waals surface area contributed by atoms with Gasteiger partial charge in [0, 0.05) is 22.6 Å². The molecule has 6 rings (SSSR count). The second kappa shape index (κ2) is 17.7. The molecule has 0 saturated carbocycles. The van der Waals surface area contributed by atoms with Crippen molar-refractivity contribution in [1.82, 2.24) is 4.98 Å². The molecule has 1 N–H and O–H groups in total. The number of aromatic nitrogens is 1. The zero-order valence-corrected chi connectivity index (χ0v) is 30.5. The Morgan fingerprint density at radius 1 is 0.627 bits per heavy atom. The highest BCUT2D eigenvalue weighted by Gasteiger charge is 2.14. The van der Waals surface area contributed by atoms with E-state index in [-0.39, 0.29) is 5.56 Å². The van der Waals surface area contributed by atoms with Crippen molar-refractivity contribution < 1.29 is 9.90 Å². The van der Waals surface area contributed by atoms with Crippen LogP contribution in [-0.4, -0.2) is 16.1 Å². The van der Waals surface area contributed by atoms with E-state index in [9.17, 15) is 9.90 Å². The van der Waals surface area contributed by atoms with Gasteiger partial charge in [-0.15, -0.1) is 11.3 Å². The van der Waals surface area contributed by atoms with Crippen LogP contribution in [0.25, 0.3) is 21.3 Å². The molecule has 0 bridgehead atoms. The fourth-order valence-electron chi connectivity index (χ4n) is 6.37. The van der Waals surface area contributed by atoms with Gasteiger partial charge in [-0.05, 0) is 121 Å². The Kier molecular flexibility index (Phi) is 12.3. The number of fused-ring (bicyclic) bond motifs is 1. The molecule has 0 unspecified atom stereocenters. The molecule has 0 fully saturated rings. The third-order valence-electron chi connectivity index (χ3n) is 9.32. The van der Waals surface area contributed by atoms with Gasteiger partial charge >= 0.3 is 5.97 Å². The first kappa shape index (κ1) is 35.6. The lowest BCUT2D eigenvalue weighted by Gasteiger charge is -2.26. The van der Waals surface area contributed by atoms with Crippen molar-refractivity contribution in [2.45, 2.75) is 78.1 Å². The highest BCUT2D eigenvalue weighted by Crippen LogP contribution is 2.36. The normalized spacial score (nSPS) is 10.9. The molecular formula is C46H46N2O2S. The lowest BCUT2D eigenvalue weighted by Crippen LogP contribution is -2.10. The Morgan fingerprint density at radius 3 is 1.65 bits per heavy atom. The summed E-state index contributed by atoms with van der Waals surface area (Å²) in [6.45, 7) is 4.52. The van der Waals surface area contributed by atoms with Crippen molar-refractivity contribution in [3.8, 4) is 23.0 Å². The van der Waals surface area contributed by atoms with Crippen LogP contribution < -0.4 is 4.90 Å². The number of rotatable bonds is 15. The summed E-state index contributed by atoms with van der Waals surface area (Å²) < 4.78 is 0.821. The van der Waals surface area contributed by atoms with Gasteiger partial charge in [-0.25, -0.2) is 9.78 Å². The van der Waals surface area contributed by atoms with Gasteiger partial charge in [0.15, 0.2) is 5.01 Å². The van der Waals surface area contributed by atoms with Gasteiger partial charge in [0.2, 0.25) is 0 Å². The number of aromatic carboxylic acids is 1. The second-order valence-corrected chi connectivity index (χ2v) is 14.2. The average Bonchev–Trinajstić information content (AvgIpc) is 3.58. The van der Waals surface area contributed by atoms with Crippen LogP contribution in [0.15, 0.2) is 115 Å². The number of hydrogen-bond acceptors (Lipinski definition) is 4. The summed E-state index contributed by atoms with van der Waals surface area (Å²) in [5.74, 6) is 5.42. The Morgan fingerprint density at radius 2 is 1.14 bits per heavy atom. The molecule has 6 aromatic rings. The second-order valence-electron chi connectivity index (χ2n) is 13.2. The minimum atomic E-state index is -0.943. The minimum absolute atomic E-state index is 0.256. The fourth-order valence-corrected chi connectivity index (χ4v) is 7.23. The van der Waals surface area contributed by atoms with Gasteiger partial charge in [0.1, 0.15) is 0 Å². The van der Waals surface area contributed by atoms with Gasteiger partial charge in [0.05, 0.1) is 15.8 Å². The Hall–Kier alpha value is -5.18. The van der Waals surface area contributed by atoms with Crippen LogP contribution in [0.1, 0.15) is 97.3 Å². The molecule has 0 radical (unpaired) electrons. The largest absolute Gasteiger partial charge is 0.478 e. The van der Waals surface area contributed by atoms with Crippen LogP contribution in [0.2, 0.25) is 0 Å². The predicted octanol–water partition coefficient (Wildman–Crippen LogP) is 12.8. The quantitative estimate of drug-likeness (QED) is 0.0861. The van der Waals surface area contributed by atoms with Crippen LogP contribution in [0, 0.1) is 11.8 Å². The molecule has 0 amide bonds. The maximum atomic E-state index is 11.3. The van der Waals surface area contributed by atoms with Crippen molar-refractivity contribution in [3.05, 3.63) is 143 Å². The number of aryl methyl sites for hydroxylation is 2. The van der Waals surface area contributed by atoms with Gasteiger partial charge in [-0.3, -0.25) is 0 Å². The number of carboxylic acids is 1. The minimum Gasteiger partial charge on any atom is -0.478 e. The third-order valence-corrected chi connectivity index (χ3v) is 10.3. The summed E-state index contributed by atoms with van der Waals surface area (Å²) in [7, 11) is 0. The summed E-state index contributed by atoms with van der Waals surface area (Å²) in [6.07, 6.45) is 12.5. The fraction of sp³-hybridized carbons (Fsp3) is 0.261. The number of thiazole rings is 1. The van der Waals surface area contributed by atoms with Crippen molar-refractivity contribution in [2.24, 2.45) is 0 Å². The van der Waals surface area contributed by atoms with E-state index in [0.717, 1.165) is 56.8 Å². The zero-order valence-electron chi connectivity index (χ0n) is 29.7. The average molecular weight is 691 g/mol. The molecule has 5 aromatic carbocycles. The summed E-state index contributed by atoms with van der Waals surface area (Å²) in [4.78, 5) is 18.2. The van der Waals surface area contributed by atoms with Gasteiger partial charge in [-0.2, -0.15) is 0 Å². The Balaban J connectivity index is 1.19. The molecule has 0 aliphatic heterocycles. The Bertz CT molecular complexity index is 2030. The van der Waals surface area contributed by atoms with Gasteiger partial charge in [-0.1, -0.05) is 107 Å². The molecule has 1 heterocycles. The monoisotopic (exact) mass is 690 g/mol. The molecule has 51 heavy (non-hydrogen) atoms. The van der Waals surface area contributed by atoms with Crippen LogP contribution in [0.5, 0.6) is 0 Å². The number of unbranched alkanes of at least 4 members (excludes halogenated alkanes) is 6. The van der Waals surface area contributed by atoms with Crippen LogP contribution in [-0.2, 0) is 12.8 Å². The highest BCUT2D eigenvalue weighted by molar-refractivity contribution is 7.19. The molecular weight excluding hydrogens is 645 g/mol. The molecule has 0 aliphatic rings. The number of anilines is 3. The first-order valence-corrected chi connectivity index (χ1v) is 19.2. The smallest absolute Gasteiger partial charge is 0.335 e. The van der Waals surface area contributed by atoms with Crippen molar-refractivity contribution in [1.29, 1.82) is 0 Å². The van der Waals surface area contributed by atoms with Crippen molar-refractivity contribution in [2.75, 3.05) is 4.90 Å². The van der Waals surface area contributed by atoms with Gasteiger partial charge < -0.3 is 10.0 Å². The number of hydrogen-bond donors (Lipinski definition) is 1. The van der Waals surface area contributed by atoms with E-state index in [2.05, 4.69) is 121 Å². The van der Waals surface area contributed by atoms with E-state index in [1.807, 2.05) is 12.1 Å². The topological polar surface area (TPSA) is 53.4 Å². The van der Waals surface area contributed by atoms with Crippen molar-refractivity contribution >= 4 is 44.6 Å². The van der Waals surface area contributed by atoms with Crippen LogP contribution in [0.4, 0.5) is 17.1 Å². The molecule has 1 aromatic heterocycles. The maximum Gasteiger partial charge on any atom is 0.335 e. The summed E-state index contributed by atoms with van der Waals surface area (Å²) in [6, 6.07) is 40.3. The Labute approximate surface area is 306 Å². The van der Waals surface area contributed by atoms with E-state index >= 15 is 0 Å². The molecule has 0 atom stereocenters. The van der Waals surface area contributed by atoms with Gasteiger partial charge in [0.25, 0.3) is 0 Å². The molecule has 0 aliphatic carbocycles. The predicted molar refractivity (Wildman–Crippen MR) is 215 cm³/mol. The summed E-state index contributed by atoms with van der Waals surface area (Å²) in [5.41, 5.74) is 10.4. The number of carbonyl (C=O) groups is 1. The van der Waals surface area contributed by atoms with Crippen molar-refractivity contribution in [3.63, 3.8) is 0 Å². The SMILES string of the molecule is CCCCCCc1ccc(N(c2ccc(CCCCCC)cc2)c2ccc(-c3ccc(C#Cc4nc5ccc(C(=O)O)cc5s4)cc3)cc2)cc1. The first-order chi connectivity index (χ1) is 25.0. The highest BCUT2D eigenvalue weighted by atomic mass is 32.1. The van der Waals surface area contributed by atoms with Crippen LogP contribution >= 0.6 is 11.3 Å². The van der Waals surface area contributed by atoms with E-state index in [1.165, 1.54) is 73.8 Å². The standard InChI is InChI=1S/C46H46N2O2S/c1-3-5-7-9-11-34-15-25-40(26-16-34)48(41-27-17-35(18-28-41)12-10-8-6-4-2)42-29-22-38(23-30-42)37-20-13-36(14-21-37)19-32-45-47-43-31-24-39(46(49)50)33-44(43)51-45/h13-18,20-31,33H,3-12H2,1-2H3,(H,49,50). The third kappa shape index (κ3) is 9.54. The van der Waals surface area contributed by atoms with E-state index in [1.54, 1.807) is 18.2 Å². The molecule has 0 saturated heterocycles. The van der Waals surface area contributed by atoms with E-state index < -0.39 is 5.97 Å². The molecule has 0 spiro atoms. The van der Waals surface area contributed by atoms with E-state index in [4.69, 9.17) is 0 Å². The lowest BCUT2D eigenvalue weighted by atomic mass is 10.0. The first-order valence-electron chi connectivity index (χ1n) is 18.3. The number of nitrogens with zero attached hydrogens (tertiary/aromatic N) is 2.